The van der Waals surface area contributed by atoms with Gasteiger partial charge in [-0.25, -0.2) is 4.57 Å². The third-order valence-electron chi connectivity index (χ3n) is 13.4. The van der Waals surface area contributed by atoms with Crippen LogP contribution in [0.4, 0.5) is 0 Å². The quantitative estimate of drug-likeness (QED) is 0.0158. The van der Waals surface area contributed by atoms with Crippen LogP contribution in [0.25, 0.3) is 0 Å². The minimum Gasteiger partial charge on any atom is -0.393 e. The molecule has 1 saturated carbocycles. The number of rotatable bonds is 46. The van der Waals surface area contributed by atoms with Gasteiger partial charge in [0.1, 0.15) is 36.6 Å². The lowest BCUT2D eigenvalue weighted by Gasteiger charge is -2.41. The Balaban J connectivity index is 2.43. The second-order valence-corrected chi connectivity index (χ2v) is 21.0. The van der Waals surface area contributed by atoms with E-state index in [4.69, 9.17) is 9.05 Å². The van der Waals surface area contributed by atoms with E-state index in [2.05, 4.69) is 31.3 Å². The number of aliphatic hydroxyl groups excluding tert-OH is 7. The number of carbonyl (C=O) groups is 1. The number of unbranched alkanes of at least 4 members (excludes halogenated alkanes) is 31. The molecule has 0 spiro atoms. The van der Waals surface area contributed by atoms with Crippen molar-refractivity contribution in [1.29, 1.82) is 0 Å². The molecule has 0 aromatic heterocycles. The summed E-state index contributed by atoms with van der Waals surface area (Å²) < 4.78 is 23.0. The second-order valence-electron chi connectivity index (χ2n) is 19.6. The number of allylic oxidation sites excluding steroid dienone is 2. The number of phosphoric acid groups is 1. The van der Waals surface area contributed by atoms with Gasteiger partial charge in [-0.05, 0) is 38.5 Å². The average molecular weight is 964 g/mol. The lowest BCUT2D eigenvalue weighted by molar-refractivity contribution is -0.220. The van der Waals surface area contributed by atoms with Crippen LogP contribution in [-0.4, -0.2) is 108 Å². The monoisotopic (exact) mass is 964 g/mol. The van der Waals surface area contributed by atoms with Crippen LogP contribution in [0.3, 0.4) is 0 Å². The van der Waals surface area contributed by atoms with E-state index in [-0.39, 0.29) is 12.8 Å². The normalized spacial score (nSPS) is 22.4. The lowest BCUT2D eigenvalue weighted by atomic mass is 9.85. The van der Waals surface area contributed by atoms with Crippen LogP contribution >= 0.6 is 7.82 Å². The highest BCUT2D eigenvalue weighted by molar-refractivity contribution is 7.47. The molecule has 8 unspecified atom stereocenters. The number of hydrogen-bond donors (Lipinski definition) is 9. The molecule has 392 valence electrons. The fraction of sp³-hybridized carbons (Fsp3) is 0.942. The third kappa shape index (κ3) is 32.8. The maximum Gasteiger partial charge on any atom is 0.472 e. The van der Waals surface area contributed by atoms with Gasteiger partial charge in [-0.3, -0.25) is 13.8 Å². The fourth-order valence-electron chi connectivity index (χ4n) is 8.95. The summed E-state index contributed by atoms with van der Waals surface area (Å²) in [6.07, 6.45) is 32.5. The largest absolute Gasteiger partial charge is 0.472 e. The molecule has 9 N–H and O–H groups in total. The fourth-order valence-corrected chi connectivity index (χ4v) is 9.92. The van der Waals surface area contributed by atoms with Gasteiger partial charge >= 0.3 is 7.82 Å². The van der Waals surface area contributed by atoms with Crippen molar-refractivity contribution in [2.24, 2.45) is 0 Å². The van der Waals surface area contributed by atoms with Crippen LogP contribution in [0.15, 0.2) is 12.2 Å². The zero-order valence-corrected chi connectivity index (χ0v) is 42.8. The van der Waals surface area contributed by atoms with Gasteiger partial charge in [0.25, 0.3) is 0 Å². The maximum absolute atomic E-state index is 13.1. The van der Waals surface area contributed by atoms with E-state index in [9.17, 15) is 50.0 Å². The second kappa shape index (κ2) is 41.8. The van der Waals surface area contributed by atoms with Gasteiger partial charge in [-0.2, -0.15) is 0 Å². The predicted molar refractivity (Wildman–Crippen MR) is 266 cm³/mol. The summed E-state index contributed by atoms with van der Waals surface area (Å²) >= 11 is 0. The number of amides is 1. The molecule has 0 radical (unpaired) electrons. The Labute approximate surface area is 401 Å². The maximum atomic E-state index is 13.1. The highest BCUT2D eigenvalue weighted by atomic mass is 31.2. The summed E-state index contributed by atoms with van der Waals surface area (Å²) in [5, 5.41) is 74.9. The number of aliphatic hydroxyl groups is 7. The van der Waals surface area contributed by atoms with Crippen molar-refractivity contribution >= 4 is 13.7 Å². The zero-order valence-electron chi connectivity index (χ0n) is 41.9. The number of carbonyl (C=O) groups excluding carboxylic acids is 1. The molecular weight excluding hydrogens is 862 g/mol. The molecule has 66 heavy (non-hydrogen) atoms. The molecule has 14 heteroatoms. The first kappa shape index (κ1) is 63.1. The predicted octanol–water partition coefficient (Wildman–Crippen LogP) is 10.5. The molecule has 0 bridgehead atoms. The van der Waals surface area contributed by atoms with Gasteiger partial charge in [0.05, 0.1) is 31.3 Å². The minimum absolute atomic E-state index is 0.224. The van der Waals surface area contributed by atoms with Crippen molar-refractivity contribution in [3.8, 4) is 0 Å². The van der Waals surface area contributed by atoms with Crippen molar-refractivity contribution < 1.29 is 59.0 Å². The molecule has 1 aliphatic carbocycles. The molecule has 1 fully saturated rings. The Morgan fingerprint density at radius 1 is 0.515 bits per heavy atom. The Morgan fingerprint density at radius 2 is 0.848 bits per heavy atom. The number of hydrogen-bond acceptors (Lipinski definition) is 11. The minimum atomic E-state index is -5.12. The summed E-state index contributed by atoms with van der Waals surface area (Å²) in [6.45, 7) is 3.83. The number of nitrogens with one attached hydrogen (secondary N) is 1. The smallest absolute Gasteiger partial charge is 0.393 e. The SMILES string of the molecule is CCCCCCCCCCCC/C=C\CCCCCCCC(O)CC(=O)NC(COP(=O)(O)OC1C(O)C(O)C(O)C(O)C1O)C(O)CCCCCCCCCCCCCCCCCCC. The van der Waals surface area contributed by atoms with E-state index in [1.54, 1.807) is 0 Å². The highest BCUT2D eigenvalue weighted by Crippen LogP contribution is 2.47. The van der Waals surface area contributed by atoms with Crippen LogP contribution in [-0.2, 0) is 18.4 Å². The van der Waals surface area contributed by atoms with E-state index in [1.165, 1.54) is 141 Å². The van der Waals surface area contributed by atoms with Crippen LogP contribution in [0, 0.1) is 0 Å². The highest BCUT2D eigenvalue weighted by Gasteiger charge is 2.51. The van der Waals surface area contributed by atoms with Gasteiger partial charge in [0.2, 0.25) is 5.91 Å². The molecule has 0 aromatic rings. The molecule has 8 atom stereocenters. The first-order chi connectivity index (χ1) is 31.8. The van der Waals surface area contributed by atoms with E-state index >= 15 is 0 Å². The Hall–Kier alpha value is -0.960. The molecule has 0 saturated heterocycles. The average Bonchev–Trinajstić information content (AvgIpc) is 3.29. The van der Waals surface area contributed by atoms with Crippen molar-refractivity contribution in [2.75, 3.05) is 6.61 Å². The van der Waals surface area contributed by atoms with Crippen LogP contribution < -0.4 is 5.32 Å². The van der Waals surface area contributed by atoms with E-state index in [0.717, 1.165) is 70.6 Å². The molecule has 0 aliphatic heterocycles. The molecule has 0 heterocycles. The third-order valence-corrected chi connectivity index (χ3v) is 14.4. The van der Waals surface area contributed by atoms with E-state index in [1.807, 2.05) is 0 Å². The molecular formula is C52H102NO12P. The molecule has 1 amide bonds. The van der Waals surface area contributed by atoms with Gasteiger partial charge < -0.3 is 46.0 Å². The van der Waals surface area contributed by atoms with Crippen LogP contribution in [0.5, 0.6) is 0 Å². The summed E-state index contributed by atoms with van der Waals surface area (Å²) in [5.41, 5.74) is 0. The summed E-state index contributed by atoms with van der Waals surface area (Å²) in [5.74, 6) is -0.561. The van der Waals surface area contributed by atoms with Crippen LogP contribution in [0.2, 0.25) is 0 Å². The standard InChI is InChI=1S/C52H102NO12P/c1-3-5-7-9-11-13-15-17-19-21-22-24-25-27-29-31-33-35-37-39-43(54)41-46(56)53-44(42-64-66(62,63)65-52-50(60)48(58)47(57)49(59)51(52)61)45(55)40-38-36-34-32-30-28-26-23-20-18-16-14-12-10-8-6-4-2/h24-25,43-45,47-52,54-55,57-61H,3-23,26-42H2,1-2H3,(H,53,56)(H,62,63)/b25-24-. The summed E-state index contributed by atoms with van der Waals surface area (Å²) in [7, 11) is -5.12. The van der Waals surface area contributed by atoms with Gasteiger partial charge in [-0.1, -0.05) is 219 Å². The topological polar surface area (TPSA) is 226 Å². The Kier molecular flexibility index (Phi) is 39.9. The van der Waals surface area contributed by atoms with E-state index in [0.29, 0.717) is 12.8 Å². The van der Waals surface area contributed by atoms with Crippen molar-refractivity contribution in [3.05, 3.63) is 12.2 Å². The van der Waals surface area contributed by atoms with Gasteiger partial charge in [0.15, 0.2) is 0 Å². The van der Waals surface area contributed by atoms with Crippen molar-refractivity contribution in [1.82, 2.24) is 5.32 Å². The Bertz CT molecular complexity index is 1180. The van der Waals surface area contributed by atoms with Crippen LogP contribution in [0.1, 0.15) is 251 Å². The van der Waals surface area contributed by atoms with Gasteiger partial charge in [-0.15, -0.1) is 0 Å². The first-order valence-electron chi connectivity index (χ1n) is 27.2. The molecule has 13 nitrogen and oxygen atoms in total. The van der Waals surface area contributed by atoms with Crippen molar-refractivity contribution in [2.45, 2.75) is 306 Å². The van der Waals surface area contributed by atoms with Crippen molar-refractivity contribution in [3.63, 3.8) is 0 Å². The molecule has 1 rings (SSSR count). The molecule has 0 aromatic carbocycles. The Morgan fingerprint density at radius 3 is 1.24 bits per heavy atom. The lowest BCUT2D eigenvalue weighted by Crippen LogP contribution is -2.64. The van der Waals surface area contributed by atoms with Gasteiger partial charge in [0, 0.05) is 0 Å². The summed E-state index contributed by atoms with van der Waals surface area (Å²) in [4.78, 5) is 23.6. The first-order valence-corrected chi connectivity index (χ1v) is 28.7. The molecule has 1 aliphatic rings. The summed E-state index contributed by atoms with van der Waals surface area (Å²) in [6, 6.07) is -1.15. The van der Waals surface area contributed by atoms with E-state index < -0.39 is 75.2 Å². The number of phosphoric ester groups is 1. The zero-order chi connectivity index (χ0) is 48.7.